The first-order chi connectivity index (χ1) is 15.0. The van der Waals surface area contributed by atoms with Crippen molar-refractivity contribution < 1.29 is 23.9 Å². The van der Waals surface area contributed by atoms with E-state index in [1.807, 2.05) is 30.3 Å². The Morgan fingerprint density at radius 2 is 1.32 bits per heavy atom. The number of nitrogens with zero attached hydrogens (tertiary/aromatic N) is 3. The van der Waals surface area contributed by atoms with Crippen LogP contribution in [-0.2, 0) is 16.1 Å². The second-order valence-electron chi connectivity index (χ2n) is 7.47. The summed E-state index contributed by atoms with van der Waals surface area (Å²) in [5.74, 6) is -0.868. The van der Waals surface area contributed by atoms with Crippen molar-refractivity contribution in [3.05, 3.63) is 71.3 Å². The van der Waals surface area contributed by atoms with Crippen LogP contribution in [0.25, 0.3) is 0 Å². The van der Waals surface area contributed by atoms with Crippen molar-refractivity contribution in [2.75, 3.05) is 32.7 Å². The zero-order chi connectivity index (χ0) is 21.8. The van der Waals surface area contributed by atoms with Gasteiger partial charge in [0.1, 0.15) is 6.61 Å². The topological polar surface area (TPSA) is 87.2 Å². The van der Waals surface area contributed by atoms with E-state index in [4.69, 9.17) is 4.74 Å². The molecule has 31 heavy (non-hydrogen) atoms. The molecule has 4 rings (SSSR count). The lowest BCUT2D eigenvalue weighted by atomic mass is 10.1. The van der Waals surface area contributed by atoms with Gasteiger partial charge in [0.15, 0.2) is 0 Å². The summed E-state index contributed by atoms with van der Waals surface area (Å²) in [4.78, 5) is 54.0. The van der Waals surface area contributed by atoms with Crippen molar-refractivity contribution in [1.82, 2.24) is 14.7 Å². The number of carbonyl (C=O) groups excluding carboxylic acids is 4. The molecule has 0 aliphatic carbocycles. The molecule has 0 unspecified atom stereocenters. The summed E-state index contributed by atoms with van der Waals surface area (Å²) in [6.45, 7) is 1.80. The molecule has 8 nitrogen and oxygen atoms in total. The van der Waals surface area contributed by atoms with Crippen LogP contribution in [0.1, 0.15) is 32.7 Å². The van der Waals surface area contributed by atoms with Gasteiger partial charge in [-0.1, -0.05) is 42.5 Å². The van der Waals surface area contributed by atoms with E-state index in [2.05, 4.69) is 0 Å². The van der Waals surface area contributed by atoms with Gasteiger partial charge in [-0.2, -0.15) is 0 Å². The average Bonchev–Trinajstić information content (AvgIpc) is 3.06. The molecule has 0 radical (unpaired) electrons. The van der Waals surface area contributed by atoms with Gasteiger partial charge in [0.2, 0.25) is 5.91 Å². The van der Waals surface area contributed by atoms with Gasteiger partial charge in [-0.05, 0) is 17.7 Å². The Bertz CT molecular complexity index is 964. The van der Waals surface area contributed by atoms with Crippen LogP contribution < -0.4 is 0 Å². The van der Waals surface area contributed by atoms with E-state index >= 15 is 0 Å². The zero-order valence-electron chi connectivity index (χ0n) is 17.0. The minimum Gasteiger partial charge on any atom is -0.445 e. The highest BCUT2D eigenvalue weighted by molar-refractivity contribution is 6.21. The lowest BCUT2D eigenvalue weighted by molar-refractivity contribution is -0.132. The number of imide groups is 1. The third kappa shape index (κ3) is 4.42. The molecule has 8 heteroatoms. The quantitative estimate of drug-likeness (QED) is 0.691. The Labute approximate surface area is 180 Å². The number of ether oxygens (including phenoxy) is 1. The van der Waals surface area contributed by atoms with Crippen molar-refractivity contribution >= 4 is 23.8 Å². The van der Waals surface area contributed by atoms with Gasteiger partial charge in [-0.3, -0.25) is 19.3 Å². The predicted octanol–water partition coefficient (Wildman–Crippen LogP) is 2.15. The molecule has 1 saturated heterocycles. The van der Waals surface area contributed by atoms with Crippen LogP contribution in [0.4, 0.5) is 4.79 Å². The van der Waals surface area contributed by atoms with Crippen LogP contribution in [0.2, 0.25) is 0 Å². The molecule has 0 saturated carbocycles. The Hall–Kier alpha value is -3.68. The second kappa shape index (κ2) is 8.99. The van der Waals surface area contributed by atoms with Gasteiger partial charge < -0.3 is 14.5 Å². The van der Waals surface area contributed by atoms with Crippen molar-refractivity contribution in [1.29, 1.82) is 0 Å². The van der Waals surface area contributed by atoms with Crippen LogP contribution in [0.5, 0.6) is 0 Å². The molecule has 4 amide bonds. The molecule has 0 atom stereocenters. The van der Waals surface area contributed by atoms with Crippen molar-refractivity contribution in [3.8, 4) is 0 Å². The summed E-state index contributed by atoms with van der Waals surface area (Å²) >= 11 is 0. The third-order valence-corrected chi connectivity index (χ3v) is 5.52. The van der Waals surface area contributed by atoms with Crippen LogP contribution >= 0.6 is 0 Å². The monoisotopic (exact) mass is 421 g/mol. The number of fused-ring (bicyclic) bond motifs is 1. The fraction of sp³-hybridized carbons (Fsp3) is 0.304. The number of amides is 4. The summed E-state index contributed by atoms with van der Waals surface area (Å²) in [6, 6.07) is 16.1. The molecule has 0 bridgehead atoms. The highest BCUT2D eigenvalue weighted by Gasteiger charge is 2.35. The number of hydrogen-bond acceptors (Lipinski definition) is 5. The lowest BCUT2D eigenvalue weighted by Crippen LogP contribution is -2.51. The first-order valence-corrected chi connectivity index (χ1v) is 10.2. The van der Waals surface area contributed by atoms with E-state index < -0.39 is 6.09 Å². The van der Waals surface area contributed by atoms with E-state index in [1.54, 1.807) is 34.1 Å². The predicted molar refractivity (Wildman–Crippen MR) is 111 cm³/mol. The Morgan fingerprint density at radius 1 is 0.774 bits per heavy atom. The molecule has 2 aromatic rings. The zero-order valence-corrected chi connectivity index (χ0v) is 17.0. The number of hydrogen-bond donors (Lipinski definition) is 0. The Morgan fingerprint density at radius 3 is 1.94 bits per heavy atom. The Kier molecular flexibility index (Phi) is 5.97. The molecule has 2 aromatic carbocycles. The lowest BCUT2D eigenvalue weighted by Gasteiger charge is -2.34. The summed E-state index contributed by atoms with van der Waals surface area (Å²) in [7, 11) is 0. The van der Waals surface area contributed by atoms with E-state index in [-0.39, 0.29) is 37.3 Å². The SMILES string of the molecule is O=C(CCN1C(=O)c2ccccc2C1=O)N1CCN(C(=O)OCc2ccccc2)CC1. The maximum absolute atomic E-state index is 12.6. The van der Waals surface area contributed by atoms with Crippen LogP contribution in [-0.4, -0.2) is 71.2 Å². The van der Waals surface area contributed by atoms with Crippen molar-refractivity contribution in [2.24, 2.45) is 0 Å². The van der Waals surface area contributed by atoms with Crippen LogP contribution in [0.3, 0.4) is 0 Å². The standard InChI is InChI=1S/C23H23N3O5/c27-20(10-11-26-21(28)18-8-4-5-9-19(18)22(26)29)24-12-14-25(15-13-24)23(30)31-16-17-6-2-1-3-7-17/h1-9H,10-16H2. The van der Waals surface area contributed by atoms with E-state index in [0.717, 1.165) is 10.5 Å². The minimum absolute atomic E-state index is 0.0461. The summed E-state index contributed by atoms with van der Waals surface area (Å²) in [5.41, 5.74) is 1.67. The fourth-order valence-corrected chi connectivity index (χ4v) is 3.76. The molecular formula is C23H23N3O5. The van der Waals surface area contributed by atoms with Gasteiger partial charge in [0, 0.05) is 39.1 Å². The van der Waals surface area contributed by atoms with Gasteiger partial charge in [-0.15, -0.1) is 0 Å². The number of rotatable bonds is 5. The molecule has 0 spiro atoms. The number of piperazine rings is 1. The minimum atomic E-state index is -0.401. The first-order valence-electron chi connectivity index (χ1n) is 10.2. The van der Waals surface area contributed by atoms with Gasteiger partial charge >= 0.3 is 6.09 Å². The van der Waals surface area contributed by atoms with Crippen LogP contribution in [0, 0.1) is 0 Å². The maximum Gasteiger partial charge on any atom is 0.410 e. The molecule has 2 aliphatic rings. The fourth-order valence-electron chi connectivity index (χ4n) is 3.76. The smallest absolute Gasteiger partial charge is 0.410 e. The maximum atomic E-state index is 12.6. The van der Waals surface area contributed by atoms with Gasteiger partial charge in [0.05, 0.1) is 11.1 Å². The summed E-state index contributed by atoms with van der Waals surface area (Å²) in [5, 5.41) is 0. The van der Waals surface area contributed by atoms with Crippen molar-refractivity contribution in [2.45, 2.75) is 13.0 Å². The van der Waals surface area contributed by atoms with E-state index in [1.165, 1.54) is 0 Å². The molecule has 0 N–H and O–H groups in total. The number of benzene rings is 2. The molecule has 160 valence electrons. The molecule has 2 aliphatic heterocycles. The van der Waals surface area contributed by atoms with Crippen molar-refractivity contribution in [3.63, 3.8) is 0 Å². The highest BCUT2D eigenvalue weighted by atomic mass is 16.6. The second-order valence-corrected chi connectivity index (χ2v) is 7.47. The molecule has 0 aromatic heterocycles. The molecule has 1 fully saturated rings. The summed E-state index contributed by atoms with van der Waals surface area (Å²) < 4.78 is 5.33. The van der Waals surface area contributed by atoms with E-state index in [9.17, 15) is 19.2 Å². The normalized spacial score (nSPS) is 15.8. The molecule has 2 heterocycles. The van der Waals surface area contributed by atoms with Crippen LogP contribution in [0.15, 0.2) is 54.6 Å². The van der Waals surface area contributed by atoms with Gasteiger partial charge in [0.25, 0.3) is 11.8 Å². The first kappa shape index (κ1) is 20.6. The Balaban J connectivity index is 1.22. The highest BCUT2D eigenvalue weighted by Crippen LogP contribution is 2.22. The summed E-state index contributed by atoms with van der Waals surface area (Å²) in [6.07, 6.45) is -0.342. The molecular weight excluding hydrogens is 398 g/mol. The third-order valence-electron chi connectivity index (χ3n) is 5.52. The van der Waals surface area contributed by atoms with Gasteiger partial charge in [-0.25, -0.2) is 4.79 Å². The average molecular weight is 421 g/mol. The van der Waals surface area contributed by atoms with E-state index in [0.29, 0.717) is 37.3 Å². The largest absolute Gasteiger partial charge is 0.445 e. The number of carbonyl (C=O) groups is 4.